The van der Waals surface area contributed by atoms with Gasteiger partial charge in [-0.25, -0.2) is 0 Å². The number of carbonyl (C=O) groups is 2. The molecular formula is C14H20N2O4. The van der Waals surface area contributed by atoms with E-state index >= 15 is 0 Å². The molecule has 2 atom stereocenters. The Labute approximate surface area is 117 Å². The Morgan fingerprint density at radius 3 is 2.50 bits per heavy atom. The highest BCUT2D eigenvalue weighted by Gasteiger charge is 2.24. The summed E-state index contributed by atoms with van der Waals surface area (Å²) in [4.78, 5) is 24.0. The molecule has 0 aliphatic heterocycles. The van der Waals surface area contributed by atoms with E-state index < -0.39 is 12.0 Å². The normalized spacial score (nSPS) is 13.6. The predicted molar refractivity (Wildman–Crippen MR) is 74.1 cm³/mol. The molecule has 6 heteroatoms. The van der Waals surface area contributed by atoms with Crippen molar-refractivity contribution in [1.82, 2.24) is 4.90 Å². The number of phenolic OH excluding ortho intramolecular Hbond substituents is 1. The van der Waals surface area contributed by atoms with Gasteiger partial charge in [0.25, 0.3) is 0 Å². The van der Waals surface area contributed by atoms with E-state index in [1.54, 1.807) is 38.2 Å². The van der Waals surface area contributed by atoms with E-state index in [0.29, 0.717) is 5.56 Å². The highest BCUT2D eigenvalue weighted by Crippen LogP contribution is 2.27. The van der Waals surface area contributed by atoms with Crippen molar-refractivity contribution in [2.45, 2.75) is 31.8 Å². The van der Waals surface area contributed by atoms with Crippen molar-refractivity contribution in [2.24, 2.45) is 5.73 Å². The van der Waals surface area contributed by atoms with E-state index in [0.717, 1.165) is 0 Å². The smallest absolute Gasteiger partial charge is 0.303 e. The van der Waals surface area contributed by atoms with Crippen molar-refractivity contribution in [3.63, 3.8) is 0 Å². The van der Waals surface area contributed by atoms with Crippen molar-refractivity contribution in [1.29, 1.82) is 0 Å². The SMILES string of the molecule is CC(c1ccccc1O)N(C)C(=O)C(N)CCC(=O)O. The Kier molecular flexibility index (Phi) is 5.52. The number of carboxylic acid groups (broad SMARTS) is 1. The van der Waals surface area contributed by atoms with E-state index in [9.17, 15) is 14.7 Å². The van der Waals surface area contributed by atoms with Crippen LogP contribution in [0.15, 0.2) is 24.3 Å². The first kappa shape index (κ1) is 16.0. The quantitative estimate of drug-likeness (QED) is 0.724. The van der Waals surface area contributed by atoms with Gasteiger partial charge in [0.15, 0.2) is 0 Å². The lowest BCUT2D eigenvalue weighted by Gasteiger charge is -2.28. The van der Waals surface area contributed by atoms with Crippen LogP contribution in [-0.2, 0) is 9.59 Å². The van der Waals surface area contributed by atoms with Crippen LogP contribution in [0, 0.1) is 0 Å². The molecule has 4 N–H and O–H groups in total. The number of likely N-dealkylation sites (N-methyl/N-ethyl adjacent to an activating group) is 1. The van der Waals surface area contributed by atoms with Crippen LogP contribution in [0.2, 0.25) is 0 Å². The molecule has 110 valence electrons. The summed E-state index contributed by atoms with van der Waals surface area (Å²) in [6, 6.07) is 5.55. The number of rotatable bonds is 6. The van der Waals surface area contributed by atoms with Gasteiger partial charge in [-0.3, -0.25) is 9.59 Å². The number of aliphatic carboxylic acids is 1. The Morgan fingerprint density at radius 1 is 1.35 bits per heavy atom. The fourth-order valence-corrected chi connectivity index (χ4v) is 1.90. The van der Waals surface area contributed by atoms with Gasteiger partial charge in [-0.2, -0.15) is 0 Å². The first-order valence-electron chi connectivity index (χ1n) is 6.36. The Bertz CT molecular complexity index is 490. The molecule has 1 aromatic rings. The second kappa shape index (κ2) is 6.91. The minimum atomic E-state index is -0.982. The number of phenols is 1. The van der Waals surface area contributed by atoms with Crippen LogP contribution in [0.1, 0.15) is 31.4 Å². The summed E-state index contributed by atoms with van der Waals surface area (Å²) < 4.78 is 0. The first-order chi connectivity index (χ1) is 9.34. The lowest BCUT2D eigenvalue weighted by Crippen LogP contribution is -2.43. The second-order valence-corrected chi connectivity index (χ2v) is 4.72. The van der Waals surface area contributed by atoms with Crippen LogP contribution >= 0.6 is 0 Å². The van der Waals surface area contributed by atoms with Crippen molar-refractivity contribution in [3.8, 4) is 5.75 Å². The lowest BCUT2D eigenvalue weighted by atomic mass is 10.0. The summed E-state index contributed by atoms with van der Waals surface area (Å²) in [5.41, 5.74) is 6.32. The number of carboxylic acids is 1. The van der Waals surface area contributed by atoms with Crippen molar-refractivity contribution < 1.29 is 19.8 Å². The average Bonchev–Trinajstić information content (AvgIpc) is 2.42. The standard InChI is InChI=1S/C14H20N2O4/c1-9(10-5-3-4-6-12(10)17)16(2)14(20)11(15)7-8-13(18)19/h3-6,9,11,17H,7-8,15H2,1-2H3,(H,18,19). The Balaban J connectivity index is 2.73. The topological polar surface area (TPSA) is 104 Å². The maximum absolute atomic E-state index is 12.1. The molecule has 1 rings (SSSR count). The van der Waals surface area contributed by atoms with Gasteiger partial charge in [-0.15, -0.1) is 0 Å². The number of nitrogens with zero attached hydrogens (tertiary/aromatic N) is 1. The largest absolute Gasteiger partial charge is 0.508 e. The van der Waals surface area contributed by atoms with Gasteiger partial charge in [0.2, 0.25) is 5.91 Å². The molecule has 0 saturated heterocycles. The summed E-state index contributed by atoms with van der Waals surface area (Å²) in [6.45, 7) is 1.77. The molecule has 0 aromatic heterocycles. The molecular weight excluding hydrogens is 260 g/mol. The van der Waals surface area contributed by atoms with Crippen LogP contribution in [0.4, 0.5) is 0 Å². The molecule has 2 unspecified atom stereocenters. The van der Waals surface area contributed by atoms with Crippen LogP contribution < -0.4 is 5.73 Å². The second-order valence-electron chi connectivity index (χ2n) is 4.72. The highest BCUT2D eigenvalue weighted by molar-refractivity contribution is 5.82. The summed E-state index contributed by atoms with van der Waals surface area (Å²) in [6.07, 6.45) is -0.0578. The minimum Gasteiger partial charge on any atom is -0.508 e. The van der Waals surface area contributed by atoms with Gasteiger partial charge < -0.3 is 20.8 Å². The van der Waals surface area contributed by atoms with E-state index in [1.165, 1.54) is 4.90 Å². The van der Waals surface area contributed by atoms with Gasteiger partial charge >= 0.3 is 5.97 Å². The monoisotopic (exact) mass is 280 g/mol. The Morgan fingerprint density at radius 2 is 1.95 bits per heavy atom. The summed E-state index contributed by atoms with van der Waals surface area (Å²) in [5.74, 6) is -1.22. The van der Waals surface area contributed by atoms with Gasteiger partial charge in [-0.1, -0.05) is 18.2 Å². The summed E-state index contributed by atoms with van der Waals surface area (Å²) in [7, 11) is 1.58. The zero-order valence-electron chi connectivity index (χ0n) is 11.6. The van der Waals surface area contributed by atoms with Gasteiger partial charge in [-0.05, 0) is 19.4 Å². The van der Waals surface area contributed by atoms with Crippen molar-refractivity contribution >= 4 is 11.9 Å². The van der Waals surface area contributed by atoms with Crippen molar-refractivity contribution in [3.05, 3.63) is 29.8 Å². The Hall–Kier alpha value is -2.08. The van der Waals surface area contributed by atoms with Crippen LogP contribution in [-0.4, -0.2) is 40.1 Å². The molecule has 0 saturated carbocycles. The third kappa shape index (κ3) is 3.96. The van der Waals surface area contributed by atoms with Crippen LogP contribution in [0.3, 0.4) is 0 Å². The number of hydrogen-bond donors (Lipinski definition) is 3. The molecule has 6 nitrogen and oxygen atoms in total. The van der Waals surface area contributed by atoms with Crippen molar-refractivity contribution in [2.75, 3.05) is 7.05 Å². The molecule has 1 aromatic carbocycles. The van der Waals surface area contributed by atoms with E-state index in [2.05, 4.69) is 0 Å². The van der Waals surface area contributed by atoms with Gasteiger partial charge in [0, 0.05) is 19.0 Å². The lowest BCUT2D eigenvalue weighted by molar-refractivity contribution is -0.137. The maximum atomic E-state index is 12.1. The summed E-state index contributed by atoms with van der Waals surface area (Å²) in [5, 5.41) is 18.4. The summed E-state index contributed by atoms with van der Waals surface area (Å²) >= 11 is 0. The van der Waals surface area contributed by atoms with E-state index in [-0.39, 0.29) is 30.5 Å². The third-order valence-electron chi connectivity index (χ3n) is 3.30. The molecule has 20 heavy (non-hydrogen) atoms. The highest BCUT2D eigenvalue weighted by atomic mass is 16.4. The number of nitrogens with two attached hydrogens (primary N) is 1. The van der Waals surface area contributed by atoms with E-state index in [1.807, 2.05) is 0 Å². The van der Waals surface area contributed by atoms with Gasteiger partial charge in [0.1, 0.15) is 5.75 Å². The molecule has 0 aliphatic rings. The third-order valence-corrected chi connectivity index (χ3v) is 3.30. The molecule has 0 aliphatic carbocycles. The zero-order valence-corrected chi connectivity index (χ0v) is 11.6. The predicted octanol–water partition coefficient (Wildman–Crippen LogP) is 1.10. The fraction of sp³-hybridized carbons (Fsp3) is 0.429. The minimum absolute atomic E-state index is 0.0893. The number of amides is 1. The van der Waals surface area contributed by atoms with E-state index in [4.69, 9.17) is 10.8 Å². The molecule has 1 amide bonds. The zero-order chi connectivity index (χ0) is 15.3. The molecule has 0 heterocycles. The first-order valence-corrected chi connectivity index (χ1v) is 6.36. The van der Waals surface area contributed by atoms with Gasteiger partial charge in [0.05, 0.1) is 12.1 Å². The molecule has 0 bridgehead atoms. The number of aromatic hydroxyl groups is 1. The molecule has 0 radical (unpaired) electrons. The maximum Gasteiger partial charge on any atom is 0.303 e. The molecule has 0 spiro atoms. The number of hydrogen-bond acceptors (Lipinski definition) is 4. The average molecular weight is 280 g/mol. The number of para-hydroxylation sites is 1. The number of benzene rings is 1. The number of carbonyl (C=O) groups excluding carboxylic acids is 1. The fourth-order valence-electron chi connectivity index (χ4n) is 1.90. The molecule has 0 fully saturated rings. The van der Waals surface area contributed by atoms with Crippen LogP contribution in [0.25, 0.3) is 0 Å². The van der Waals surface area contributed by atoms with Crippen LogP contribution in [0.5, 0.6) is 5.75 Å².